The van der Waals surface area contributed by atoms with Gasteiger partial charge >= 0.3 is 0 Å². The quantitative estimate of drug-likeness (QED) is 0.695. The molecule has 0 bridgehead atoms. The van der Waals surface area contributed by atoms with Crippen molar-refractivity contribution in [1.29, 1.82) is 0 Å². The molecule has 0 amide bonds. The molecule has 1 aliphatic heterocycles. The fourth-order valence-electron chi connectivity index (χ4n) is 3.12. The zero-order valence-corrected chi connectivity index (χ0v) is 14.2. The molecule has 0 saturated carbocycles. The number of nitrogens with one attached hydrogen (secondary N) is 1. The molecule has 0 radical (unpaired) electrons. The van der Waals surface area contributed by atoms with Crippen molar-refractivity contribution in [3.05, 3.63) is 41.5 Å². The largest absolute Gasteiger partial charge is 0.384 e. The second-order valence-electron chi connectivity index (χ2n) is 6.15. The van der Waals surface area contributed by atoms with Crippen LogP contribution in [0.25, 0.3) is 11.2 Å². The van der Waals surface area contributed by atoms with Gasteiger partial charge in [-0.1, -0.05) is 29.5 Å². The third kappa shape index (κ3) is 3.37. The molecule has 0 unspecified atom stereocenters. The van der Waals surface area contributed by atoms with Crippen LogP contribution in [0.15, 0.2) is 35.2 Å². The molecule has 1 aromatic carbocycles. The fraction of sp³-hybridized carbons (Fsp3) is 0.353. The van der Waals surface area contributed by atoms with Crippen LogP contribution in [0.2, 0.25) is 0 Å². The van der Waals surface area contributed by atoms with E-state index in [1.165, 1.54) is 37.1 Å². The van der Waals surface area contributed by atoms with Crippen molar-refractivity contribution >= 4 is 28.7 Å². The molecule has 2 aromatic heterocycles. The summed E-state index contributed by atoms with van der Waals surface area (Å²) in [5.41, 5.74) is 9.98. The first-order valence-electron chi connectivity index (χ1n) is 8.18. The molecule has 3 aromatic rings. The van der Waals surface area contributed by atoms with Crippen molar-refractivity contribution < 1.29 is 0 Å². The Morgan fingerprint density at radius 2 is 2.00 bits per heavy atom. The molecule has 124 valence electrons. The number of nitrogen functional groups attached to an aromatic ring is 1. The second-order valence-corrected chi connectivity index (χ2v) is 7.16. The number of anilines is 1. The highest BCUT2D eigenvalue weighted by atomic mass is 32.2. The van der Waals surface area contributed by atoms with Gasteiger partial charge in [0.1, 0.15) is 11.3 Å². The van der Waals surface area contributed by atoms with Crippen LogP contribution in [-0.4, -0.2) is 38.4 Å². The topological polar surface area (TPSA) is 83.7 Å². The summed E-state index contributed by atoms with van der Waals surface area (Å²) in [6.45, 7) is 3.49. The van der Waals surface area contributed by atoms with Crippen molar-refractivity contribution in [2.75, 3.05) is 18.8 Å². The molecule has 0 aliphatic carbocycles. The maximum Gasteiger partial charge on any atom is 0.179 e. The Hall–Kier alpha value is -2.12. The van der Waals surface area contributed by atoms with Crippen LogP contribution in [-0.2, 0) is 12.3 Å². The van der Waals surface area contributed by atoms with E-state index >= 15 is 0 Å². The molecule has 3 N–H and O–H groups in total. The number of fused-ring (bicyclic) bond motifs is 1. The van der Waals surface area contributed by atoms with Crippen LogP contribution in [0.4, 0.5) is 5.82 Å². The Morgan fingerprint density at radius 3 is 2.88 bits per heavy atom. The fourth-order valence-corrected chi connectivity index (χ4v) is 4.10. The molecule has 6 nitrogen and oxygen atoms in total. The van der Waals surface area contributed by atoms with E-state index in [1.807, 2.05) is 6.07 Å². The molecule has 1 fully saturated rings. The van der Waals surface area contributed by atoms with Gasteiger partial charge in [0.2, 0.25) is 0 Å². The molecule has 3 heterocycles. The number of pyridine rings is 1. The normalized spacial score (nSPS) is 15.3. The molecular formula is C17H20N6S. The standard InChI is InChI=1S/C17H20N6S/c18-15-9-14(16-17(19-15)21-22-20-16)24-11-13-5-3-4-12(8-13)10-23-6-1-2-7-23/h3-5,8-9H,1-2,6-7,10-11H2,(H3,18,19,20,21,22). The van der Waals surface area contributed by atoms with Gasteiger partial charge in [-0.15, -0.1) is 16.9 Å². The lowest BCUT2D eigenvalue weighted by Crippen LogP contribution is -2.18. The van der Waals surface area contributed by atoms with E-state index in [1.54, 1.807) is 11.8 Å². The monoisotopic (exact) mass is 340 g/mol. The third-order valence-electron chi connectivity index (χ3n) is 4.27. The Balaban J connectivity index is 1.47. The Kier molecular flexibility index (Phi) is 4.36. The minimum atomic E-state index is 0.485. The van der Waals surface area contributed by atoms with Gasteiger partial charge in [0, 0.05) is 17.2 Å². The Labute approximate surface area is 144 Å². The summed E-state index contributed by atoms with van der Waals surface area (Å²) in [4.78, 5) is 7.73. The molecule has 0 atom stereocenters. The lowest BCUT2D eigenvalue weighted by Gasteiger charge is -2.15. The highest BCUT2D eigenvalue weighted by Crippen LogP contribution is 2.29. The molecule has 7 heteroatoms. The predicted octanol–water partition coefficient (Wildman–Crippen LogP) is 2.82. The summed E-state index contributed by atoms with van der Waals surface area (Å²) in [5.74, 6) is 1.36. The molecule has 24 heavy (non-hydrogen) atoms. The number of likely N-dealkylation sites (tertiary alicyclic amines) is 1. The van der Waals surface area contributed by atoms with Crippen LogP contribution in [0.5, 0.6) is 0 Å². The average Bonchev–Trinajstić information content (AvgIpc) is 3.24. The summed E-state index contributed by atoms with van der Waals surface area (Å²) >= 11 is 1.72. The number of H-pyrrole nitrogens is 1. The molecule has 0 spiro atoms. The van der Waals surface area contributed by atoms with Gasteiger partial charge < -0.3 is 5.73 Å². The number of aromatic nitrogens is 4. The Morgan fingerprint density at radius 1 is 1.17 bits per heavy atom. The van der Waals surface area contributed by atoms with Crippen molar-refractivity contribution in [1.82, 2.24) is 25.3 Å². The predicted molar refractivity (Wildman–Crippen MR) is 96.6 cm³/mol. The number of hydrogen-bond acceptors (Lipinski definition) is 6. The zero-order valence-electron chi connectivity index (χ0n) is 13.4. The second kappa shape index (κ2) is 6.78. The average molecular weight is 340 g/mol. The number of hydrogen-bond donors (Lipinski definition) is 2. The summed E-state index contributed by atoms with van der Waals surface area (Å²) in [6.07, 6.45) is 2.65. The number of nitrogens with zero attached hydrogens (tertiary/aromatic N) is 4. The minimum Gasteiger partial charge on any atom is -0.384 e. The first-order chi connectivity index (χ1) is 11.8. The van der Waals surface area contributed by atoms with E-state index in [2.05, 4.69) is 49.6 Å². The summed E-state index contributed by atoms with van der Waals surface area (Å²) in [7, 11) is 0. The van der Waals surface area contributed by atoms with Gasteiger partial charge in [0.25, 0.3) is 0 Å². The maximum atomic E-state index is 5.86. The third-order valence-corrected chi connectivity index (χ3v) is 5.37. The van der Waals surface area contributed by atoms with Gasteiger partial charge in [-0.3, -0.25) is 4.90 Å². The molecular weight excluding hydrogens is 320 g/mol. The van der Waals surface area contributed by atoms with Gasteiger partial charge in [0.15, 0.2) is 5.65 Å². The van der Waals surface area contributed by atoms with Crippen molar-refractivity contribution in [3.8, 4) is 0 Å². The van der Waals surface area contributed by atoms with E-state index in [0.717, 1.165) is 22.7 Å². The van der Waals surface area contributed by atoms with Crippen LogP contribution in [0, 0.1) is 0 Å². The summed E-state index contributed by atoms with van der Waals surface area (Å²) < 4.78 is 0. The number of thioether (sulfide) groups is 1. The van der Waals surface area contributed by atoms with Crippen LogP contribution in [0.1, 0.15) is 24.0 Å². The lowest BCUT2D eigenvalue weighted by molar-refractivity contribution is 0.331. The molecule has 4 rings (SSSR count). The van der Waals surface area contributed by atoms with E-state index in [4.69, 9.17) is 5.73 Å². The number of rotatable bonds is 5. The smallest absolute Gasteiger partial charge is 0.179 e. The highest BCUT2D eigenvalue weighted by molar-refractivity contribution is 7.98. The summed E-state index contributed by atoms with van der Waals surface area (Å²) in [6, 6.07) is 10.7. The van der Waals surface area contributed by atoms with E-state index < -0.39 is 0 Å². The van der Waals surface area contributed by atoms with Crippen LogP contribution < -0.4 is 5.73 Å². The maximum absolute atomic E-state index is 5.86. The number of nitrogens with two attached hydrogens (primary N) is 1. The lowest BCUT2D eigenvalue weighted by atomic mass is 10.1. The Bertz CT molecular complexity index is 840. The summed E-state index contributed by atoms with van der Waals surface area (Å²) in [5, 5.41) is 10.7. The van der Waals surface area contributed by atoms with Gasteiger partial charge in [0.05, 0.1) is 0 Å². The van der Waals surface area contributed by atoms with Gasteiger partial charge in [-0.2, -0.15) is 0 Å². The SMILES string of the molecule is Nc1cc(SCc2cccc(CN3CCCC3)c2)c2nn[nH]c2n1. The van der Waals surface area contributed by atoms with Gasteiger partial charge in [-0.05, 0) is 43.1 Å². The van der Waals surface area contributed by atoms with E-state index in [-0.39, 0.29) is 0 Å². The zero-order chi connectivity index (χ0) is 16.4. The van der Waals surface area contributed by atoms with Crippen molar-refractivity contribution in [2.45, 2.75) is 30.0 Å². The van der Waals surface area contributed by atoms with E-state index in [9.17, 15) is 0 Å². The first kappa shape index (κ1) is 15.4. The van der Waals surface area contributed by atoms with Crippen molar-refractivity contribution in [3.63, 3.8) is 0 Å². The number of aromatic amines is 1. The molecule has 1 saturated heterocycles. The molecule has 1 aliphatic rings. The van der Waals surface area contributed by atoms with Crippen LogP contribution >= 0.6 is 11.8 Å². The van der Waals surface area contributed by atoms with Crippen LogP contribution in [0.3, 0.4) is 0 Å². The van der Waals surface area contributed by atoms with Crippen molar-refractivity contribution in [2.24, 2.45) is 0 Å². The minimum absolute atomic E-state index is 0.485. The highest BCUT2D eigenvalue weighted by Gasteiger charge is 2.12. The van der Waals surface area contributed by atoms with Gasteiger partial charge in [-0.25, -0.2) is 10.1 Å². The number of benzene rings is 1. The van der Waals surface area contributed by atoms with E-state index in [0.29, 0.717) is 11.5 Å². The first-order valence-corrected chi connectivity index (χ1v) is 9.17.